The molecule has 0 atom stereocenters. The molecule has 27 heavy (non-hydrogen) atoms. The minimum absolute atomic E-state index is 0.0264. The first-order valence-electron chi connectivity index (χ1n) is 9.43. The van der Waals surface area contributed by atoms with E-state index in [2.05, 4.69) is 32.3 Å². The van der Waals surface area contributed by atoms with Crippen LogP contribution in [0.25, 0.3) is 10.1 Å². The summed E-state index contributed by atoms with van der Waals surface area (Å²) in [6.07, 6.45) is 3.72. The van der Waals surface area contributed by atoms with E-state index in [4.69, 9.17) is 4.74 Å². The number of piperazine rings is 1. The van der Waals surface area contributed by atoms with Gasteiger partial charge in [-0.2, -0.15) is 0 Å². The van der Waals surface area contributed by atoms with Crippen molar-refractivity contribution in [2.75, 3.05) is 57.4 Å². The summed E-state index contributed by atoms with van der Waals surface area (Å²) in [4.78, 5) is 34.2. The molecule has 0 spiro atoms. The number of carbonyl (C=O) groups excluding carboxylic acids is 2. The fourth-order valence-electron chi connectivity index (χ4n) is 3.69. The average molecular weight is 388 g/mol. The first-order chi connectivity index (χ1) is 13.2. The Morgan fingerprint density at radius 2 is 1.74 bits per heavy atom. The summed E-state index contributed by atoms with van der Waals surface area (Å²) in [6, 6.07) is 4.23. The molecular weight excluding hydrogens is 364 g/mol. The molecule has 0 aliphatic carbocycles. The highest BCUT2D eigenvalue weighted by molar-refractivity contribution is 7.17. The van der Waals surface area contributed by atoms with E-state index in [1.54, 1.807) is 11.3 Å². The fourth-order valence-corrected chi connectivity index (χ4v) is 4.47. The van der Waals surface area contributed by atoms with Gasteiger partial charge < -0.3 is 9.64 Å². The Kier molecular flexibility index (Phi) is 5.66. The van der Waals surface area contributed by atoms with Crippen molar-refractivity contribution in [3.05, 3.63) is 23.7 Å². The van der Waals surface area contributed by atoms with Crippen LogP contribution >= 0.6 is 11.3 Å². The molecule has 4 rings (SSSR count). The van der Waals surface area contributed by atoms with E-state index >= 15 is 0 Å². The van der Waals surface area contributed by atoms with E-state index < -0.39 is 0 Å². The van der Waals surface area contributed by atoms with E-state index in [-0.39, 0.29) is 25.0 Å². The second-order valence-corrected chi connectivity index (χ2v) is 7.88. The van der Waals surface area contributed by atoms with Crippen LogP contribution in [-0.2, 0) is 14.3 Å². The van der Waals surface area contributed by atoms with Gasteiger partial charge in [-0.05, 0) is 36.9 Å². The average Bonchev–Trinajstić information content (AvgIpc) is 3.16. The lowest BCUT2D eigenvalue weighted by molar-refractivity contribution is -0.158. The van der Waals surface area contributed by atoms with Crippen molar-refractivity contribution in [3.63, 3.8) is 0 Å². The third-order valence-electron chi connectivity index (χ3n) is 5.19. The monoisotopic (exact) mass is 388 g/mol. The Hall–Kier alpha value is -2.03. The zero-order valence-corrected chi connectivity index (χ0v) is 16.1. The molecule has 8 heteroatoms. The molecule has 0 saturated carbocycles. The molecule has 2 aliphatic rings. The van der Waals surface area contributed by atoms with Crippen molar-refractivity contribution in [2.45, 2.75) is 12.8 Å². The molecule has 0 unspecified atom stereocenters. The van der Waals surface area contributed by atoms with Crippen LogP contribution in [0.2, 0.25) is 0 Å². The molecule has 0 aromatic carbocycles. The lowest BCUT2D eigenvalue weighted by Gasteiger charge is -2.35. The van der Waals surface area contributed by atoms with Crippen molar-refractivity contribution >= 4 is 39.1 Å². The van der Waals surface area contributed by atoms with Gasteiger partial charge in [-0.1, -0.05) is 0 Å². The van der Waals surface area contributed by atoms with Crippen molar-refractivity contribution in [3.8, 4) is 0 Å². The quantitative estimate of drug-likeness (QED) is 0.553. The van der Waals surface area contributed by atoms with Gasteiger partial charge >= 0.3 is 0 Å². The summed E-state index contributed by atoms with van der Waals surface area (Å²) in [5.74, 6) is 0.669. The molecule has 0 radical (unpaired) electrons. The highest BCUT2D eigenvalue weighted by Crippen LogP contribution is 2.28. The van der Waals surface area contributed by atoms with Gasteiger partial charge in [-0.25, -0.2) is 4.98 Å². The topological polar surface area (TPSA) is 66.0 Å². The molecule has 0 bridgehead atoms. The third kappa shape index (κ3) is 4.12. The zero-order chi connectivity index (χ0) is 18.6. The molecule has 4 heterocycles. The molecule has 0 N–H and O–H groups in total. The van der Waals surface area contributed by atoms with Crippen LogP contribution < -0.4 is 4.90 Å². The molecule has 7 nitrogen and oxygen atoms in total. The minimum atomic E-state index is -0.213. The zero-order valence-electron chi connectivity index (χ0n) is 15.3. The lowest BCUT2D eigenvalue weighted by atomic mass is 10.2. The SMILES string of the molecule is O=C1COCC(=O)N1CCCCN1CCN(c2nccc3sccc23)CC1. The molecule has 2 aromatic rings. The maximum Gasteiger partial charge on any atom is 0.255 e. The first kappa shape index (κ1) is 18.3. The number of ether oxygens (including phenoxy) is 1. The van der Waals surface area contributed by atoms with Crippen LogP contribution in [0, 0.1) is 0 Å². The Bertz CT molecular complexity index is 800. The number of pyridine rings is 1. The number of hydrogen-bond donors (Lipinski definition) is 0. The second-order valence-electron chi connectivity index (χ2n) is 6.93. The van der Waals surface area contributed by atoms with Gasteiger partial charge in [0.15, 0.2) is 0 Å². The van der Waals surface area contributed by atoms with Crippen LogP contribution in [-0.4, -0.2) is 79.1 Å². The van der Waals surface area contributed by atoms with Crippen molar-refractivity contribution in [2.24, 2.45) is 0 Å². The summed E-state index contributed by atoms with van der Waals surface area (Å²) in [5, 5.41) is 3.37. The number of unbranched alkanes of at least 4 members (excludes halogenated alkanes) is 1. The second kappa shape index (κ2) is 8.33. The number of anilines is 1. The summed E-state index contributed by atoms with van der Waals surface area (Å²) >= 11 is 1.75. The predicted molar refractivity (Wildman–Crippen MR) is 105 cm³/mol. The smallest absolute Gasteiger partial charge is 0.255 e. The van der Waals surface area contributed by atoms with Crippen LogP contribution in [0.4, 0.5) is 5.82 Å². The maximum atomic E-state index is 11.7. The number of nitrogens with zero attached hydrogens (tertiary/aromatic N) is 4. The van der Waals surface area contributed by atoms with Crippen molar-refractivity contribution in [1.29, 1.82) is 0 Å². The molecular formula is C19H24N4O3S. The van der Waals surface area contributed by atoms with Crippen LogP contribution in [0.3, 0.4) is 0 Å². The molecule has 2 aliphatic heterocycles. The maximum absolute atomic E-state index is 11.7. The summed E-state index contributed by atoms with van der Waals surface area (Å²) < 4.78 is 6.22. The highest BCUT2D eigenvalue weighted by Gasteiger charge is 2.26. The number of aromatic nitrogens is 1. The van der Waals surface area contributed by atoms with Gasteiger partial charge in [-0.3, -0.25) is 19.4 Å². The van der Waals surface area contributed by atoms with Gasteiger partial charge in [-0.15, -0.1) is 11.3 Å². The predicted octanol–water partition coefficient (Wildman–Crippen LogP) is 1.58. The van der Waals surface area contributed by atoms with E-state index in [9.17, 15) is 9.59 Å². The normalized spacial score (nSPS) is 19.3. The number of rotatable bonds is 6. The van der Waals surface area contributed by atoms with Crippen molar-refractivity contribution < 1.29 is 14.3 Å². The number of hydrogen-bond acceptors (Lipinski definition) is 7. The largest absolute Gasteiger partial charge is 0.362 e. The van der Waals surface area contributed by atoms with Gasteiger partial charge in [0.2, 0.25) is 0 Å². The number of imide groups is 1. The molecule has 2 fully saturated rings. The van der Waals surface area contributed by atoms with E-state index in [1.807, 2.05) is 6.20 Å². The van der Waals surface area contributed by atoms with Gasteiger partial charge in [0, 0.05) is 49.0 Å². The number of thiophene rings is 1. The van der Waals surface area contributed by atoms with E-state index in [0.29, 0.717) is 6.54 Å². The van der Waals surface area contributed by atoms with Crippen molar-refractivity contribution in [1.82, 2.24) is 14.8 Å². The highest BCUT2D eigenvalue weighted by atomic mass is 32.1. The Morgan fingerprint density at radius 3 is 2.52 bits per heavy atom. The van der Waals surface area contributed by atoms with Crippen LogP contribution in [0.15, 0.2) is 23.7 Å². The number of carbonyl (C=O) groups is 2. The summed E-state index contributed by atoms with van der Waals surface area (Å²) in [6.45, 7) is 5.53. The number of fused-ring (bicyclic) bond motifs is 1. The van der Waals surface area contributed by atoms with Crippen LogP contribution in [0.5, 0.6) is 0 Å². The fraction of sp³-hybridized carbons (Fsp3) is 0.526. The van der Waals surface area contributed by atoms with Gasteiger partial charge in [0.1, 0.15) is 19.0 Å². The van der Waals surface area contributed by atoms with E-state index in [1.165, 1.54) is 15.0 Å². The van der Waals surface area contributed by atoms with Gasteiger partial charge in [0.05, 0.1) is 0 Å². The number of morpholine rings is 1. The van der Waals surface area contributed by atoms with Crippen LogP contribution in [0.1, 0.15) is 12.8 Å². The lowest BCUT2D eigenvalue weighted by Crippen LogP contribution is -2.47. The summed E-state index contributed by atoms with van der Waals surface area (Å²) in [5.41, 5.74) is 0. The molecule has 2 aromatic heterocycles. The molecule has 144 valence electrons. The Morgan fingerprint density at radius 1 is 1.00 bits per heavy atom. The molecule has 2 saturated heterocycles. The first-order valence-corrected chi connectivity index (χ1v) is 10.3. The third-order valence-corrected chi connectivity index (χ3v) is 6.07. The molecule has 2 amide bonds. The summed E-state index contributed by atoms with van der Waals surface area (Å²) in [7, 11) is 0. The van der Waals surface area contributed by atoms with E-state index in [0.717, 1.165) is 51.4 Å². The minimum Gasteiger partial charge on any atom is -0.362 e. The standard InChI is InChI=1S/C19H24N4O3S/c24-17-13-26-14-18(25)23(17)7-2-1-6-21-8-10-22(11-9-21)19-15-4-12-27-16(15)3-5-20-19/h3-5,12H,1-2,6-11,13-14H2. The Labute approximate surface area is 162 Å². The Balaban J connectivity index is 1.21. The number of amides is 2. The van der Waals surface area contributed by atoms with Gasteiger partial charge in [0.25, 0.3) is 11.8 Å².